The van der Waals surface area contributed by atoms with Crippen molar-refractivity contribution >= 4 is 74.2 Å². The number of halogens is 3. The van der Waals surface area contributed by atoms with E-state index in [1.54, 1.807) is 17.0 Å². The number of aromatic carboxylic acids is 1. The first kappa shape index (κ1) is 34.0. The Labute approximate surface area is 303 Å². The van der Waals surface area contributed by atoms with Gasteiger partial charge in [-0.3, -0.25) is 9.48 Å². The fourth-order valence-corrected chi connectivity index (χ4v) is 7.92. The zero-order valence-corrected chi connectivity index (χ0v) is 30.7. The predicted molar refractivity (Wildman–Crippen MR) is 198 cm³/mol. The lowest BCUT2D eigenvalue weighted by Gasteiger charge is -2.34. The van der Waals surface area contributed by atoms with Crippen molar-refractivity contribution in [1.82, 2.24) is 14.3 Å². The Morgan fingerprint density at radius 2 is 1.76 bits per heavy atom. The molecule has 9 nitrogen and oxygen atoms in total. The lowest BCUT2D eigenvalue weighted by atomic mass is 9.98. The van der Waals surface area contributed by atoms with Crippen LogP contribution in [0.1, 0.15) is 68.5 Å². The van der Waals surface area contributed by atoms with Crippen molar-refractivity contribution in [3.63, 3.8) is 0 Å². The van der Waals surface area contributed by atoms with Gasteiger partial charge in [0.25, 0.3) is 5.91 Å². The molecule has 50 heavy (non-hydrogen) atoms. The normalized spacial score (nSPS) is 14.6. The van der Waals surface area contributed by atoms with E-state index in [9.17, 15) is 14.7 Å². The standard InChI is InChI=1S/C38H35Cl3N4O5/c1-18-12-25(13-19(2)33(18)41)49-11-7-8-26-27-9-10-28(40)32(31-21(4)42-43(6)22(31)5)34(27)45-20(3)17-44(37(46)35(26)45)29-16-24(39)14-23-15-30(38(47)48)50-36(23)29/h9-10,12-16,20H,7-8,11,17H2,1-6H3,(H,47,48)/t20-/m1/s1. The van der Waals surface area contributed by atoms with Crippen LogP contribution in [0, 0.1) is 27.7 Å². The van der Waals surface area contributed by atoms with Gasteiger partial charge >= 0.3 is 5.97 Å². The molecule has 0 bridgehead atoms. The summed E-state index contributed by atoms with van der Waals surface area (Å²) in [7, 11) is 1.91. The molecule has 0 aliphatic carbocycles. The summed E-state index contributed by atoms with van der Waals surface area (Å²) in [5.74, 6) is -0.952. The number of hydrogen-bond acceptors (Lipinski definition) is 5. The van der Waals surface area contributed by atoms with Gasteiger partial charge in [-0.05, 0) is 101 Å². The third-order valence-corrected chi connectivity index (χ3v) is 10.8. The van der Waals surface area contributed by atoms with Gasteiger partial charge in [0.2, 0.25) is 5.76 Å². The van der Waals surface area contributed by atoms with Crippen LogP contribution in [0.2, 0.25) is 15.1 Å². The van der Waals surface area contributed by atoms with Crippen molar-refractivity contribution in [3.8, 4) is 16.9 Å². The van der Waals surface area contributed by atoms with Crippen LogP contribution in [0.15, 0.2) is 46.9 Å². The molecule has 4 heterocycles. The van der Waals surface area contributed by atoms with Crippen molar-refractivity contribution < 1.29 is 23.8 Å². The smallest absolute Gasteiger partial charge is 0.371 e. The Morgan fingerprint density at radius 3 is 2.42 bits per heavy atom. The van der Waals surface area contributed by atoms with Crippen LogP contribution >= 0.6 is 34.8 Å². The van der Waals surface area contributed by atoms with E-state index in [2.05, 4.69) is 16.6 Å². The van der Waals surface area contributed by atoms with Crippen molar-refractivity contribution in [2.75, 3.05) is 18.1 Å². The molecule has 7 rings (SSSR count). The van der Waals surface area contributed by atoms with Gasteiger partial charge in [-0.2, -0.15) is 5.10 Å². The van der Waals surface area contributed by atoms with Gasteiger partial charge in [0.05, 0.1) is 28.5 Å². The lowest BCUT2D eigenvalue weighted by molar-refractivity contribution is 0.0665. The fourth-order valence-electron chi connectivity index (χ4n) is 7.34. The number of hydrogen-bond donors (Lipinski definition) is 1. The van der Waals surface area contributed by atoms with Gasteiger partial charge in [-0.15, -0.1) is 0 Å². The number of aromatic nitrogens is 3. The first-order chi connectivity index (χ1) is 23.8. The van der Waals surface area contributed by atoms with E-state index in [4.69, 9.17) is 44.0 Å². The van der Waals surface area contributed by atoms with E-state index in [0.29, 0.717) is 46.3 Å². The van der Waals surface area contributed by atoms with Crippen molar-refractivity contribution in [2.45, 2.75) is 53.5 Å². The third-order valence-electron chi connectivity index (χ3n) is 9.63. The number of carboxylic acid groups (broad SMARTS) is 1. The van der Waals surface area contributed by atoms with E-state index in [1.165, 1.54) is 6.07 Å². The maximum Gasteiger partial charge on any atom is 0.371 e. The Balaban J connectivity index is 1.38. The molecule has 0 radical (unpaired) electrons. The number of amides is 1. The van der Waals surface area contributed by atoms with Crippen LogP contribution in [0.3, 0.4) is 0 Å². The summed E-state index contributed by atoms with van der Waals surface area (Å²) in [6, 6.07) is 12.2. The van der Waals surface area contributed by atoms with Crippen LogP contribution in [0.25, 0.3) is 33.0 Å². The second-order valence-corrected chi connectivity index (χ2v) is 14.3. The highest BCUT2D eigenvalue weighted by molar-refractivity contribution is 6.35. The van der Waals surface area contributed by atoms with Crippen LogP contribution in [0.5, 0.6) is 5.75 Å². The highest BCUT2D eigenvalue weighted by Crippen LogP contribution is 2.46. The minimum atomic E-state index is -1.21. The summed E-state index contributed by atoms with van der Waals surface area (Å²) in [4.78, 5) is 28.3. The number of rotatable bonds is 8. The molecule has 1 aliphatic heterocycles. The van der Waals surface area contributed by atoms with Gasteiger partial charge in [-0.1, -0.05) is 40.9 Å². The summed E-state index contributed by atoms with van der Waals surface area (Å²) in [5.41, 5.74) is 8.41. The third kappa shape index (κ3) is 5.52. The summed E-state index contributed by atoms with van der Waals surface area (Å²) < 4.78 is 15.9. The number of ether oxygens (including phenoxy) is 1. The highest BCUT2D eigenvalue weighted by Gasteiger charge is 2.38. The summed E-state index contributed by atoms with van der Waals surface area (Å²) in [6.45, 7) is 10.6. The summed E-state index contributed by atoms with van der Waals surface area (Å²) in [6.07, 6.45) is 1.16. The van der Waals surface area contributed by atoms with Crippen LogP contribution in [-0.4, -0.2) is 44.5 Å². The number of carbonyl (C=O) groups excluding carboxylic acids is 1. The quantitative estimate of drug-likeness (QED) is 0.156. The molecule has 0 spiro atoms. The minimum absolute atomic E-state index is 0.215. The predicted octanol–water partition coefficient (Wildman–Crippen LogP) is 9.91. The van der Waals surface area contributed by atoms with Gasteiger partial charge in [0, 0.05) is 57.3 Å². The van der Waals surface area contributed by atoms with Gasteiger partial charge in [-0.25, -0.2) is 4.79 Å². The van der Waals surface area contributed by atoms with E-state index < -0.39 is 5.97 Å². The number of fused-ring (bicyclic) bond motifs is 4. The van der Waals surface area contributed by atoms with Crippen molar-refractivity contribution in [3.05, 3.63) is 97.1 Å². The molecule has 12 heteroatoms. The second-order valence-electron chi connectivity index (χ2n) is 13.0. The molecule has 6 aromatic rings. The first-order valence-corrected chi connectivity index (χ1v) is 17.4. The Morgan fingerprint density at radius 1 is 1.04 bits per heavy atom. The van der Waals surface area contributed by atoms with Gasteiger partial charge in [0.1, 0.15) is 11.4 Å². The average molecular weight is 734 g/mol. The maximum absolute atomic E-state index is 14.9. The van der Waals surface area contributed by atoms with Crippen LogP contribution < -0.4 is 9.64 Å². The van der Waals surface area contributed by atoms with Crippen molar-refractivity contribution in [1.29, 1.82) is 0 Å². The molecule has 1 aliphatic rings. The number of carboxylic acids is 1. The molecule has 1 amide bonds. The molecule has 3 aromatic carbocycles. The molecule has 0 fully saturated rings. The molecule has 0 saturated heterocycles. The zero-order valence-electron chi connectivity index (χ0n) is 28.5. The molecule has 258 valence electrons. The Hall–Kier alpha value is -4.44. The largest absolute Gasteiger partial charge is 0.494 e. The minimum Gasteiger partial charge on any atom is -0.494 e. The number of anilines is 1. The number of nitrogens with zero attached hydrogens (tertiary/aromatic N) is 4. The number of carbonyl (C=O) groups is 2. The number of aryl methyl sites for hydroxylation is 5. The molecule has 1 N–H and O–H groups in total. The highest BCUT2D eigenvalue weighted by atomic mass is 35.5. The SMILES string of the molecule is Cc1cc(OCCCc2c3n(c4c(-c5c(C)nn(C)c5C)c(Cl)ccc24)[C@H](C)CN(c2cc(Cl)cc4cc(C(=O)O)oc24)C3=O)cc(C)c1Cl. The van der Waals surface area contributed by atoms with Gasteiger partial charge in [0.15, 0.2) is 5.58 Å². The van der Waals surface area contributed by atoms with Crippen LogP contribution in [-0.2, 0) is 13.5 Å². The topological polar surface area (TPSA) is 103 Å². The van der Waals surface area contributed by atoms with Gasteiger partial charge < -0.3 is 23.7 Å². The summed E-state index contributed by atoms with van der Waals surface area (Å²) >= 11 is 20.0. The molecular formula is C38H35Cl3N4O5. The van der Waals surface area contributed by atoms with E-state index >= 15 is 0 Å². The first-order valence-electron chi connectivity index (χ1n) is 16.3. The van der Waals surface area contributed by atoms with E-state index in [-0.39, 0.29) is 29.8 Å². The number of benzene rings is 3. The van der Waals surface area contributed by atoms with E-state index in [0.717, 1.165) is 60.9 Å². The number of furan rings is 1. The van der Waals surface area contributed by atoms with Crippen molar-refractivity contribution in [2.24, 2.45) is 7.05 Å². The monoisotopic (exact) mass is 732 g/mol. The zero-order chi connectivity index (χ0) is 35.8. The fraction of sp³-hybridized carbons (Fsp3) is 0.289. The second kappa shape index (κ2) is 12.7. The van der Waals surface area contributed by atoms with Crippen LogP contribution in [0.4, 0.5) is 5.69 Å². The Bertz CT molecular complexity index is 2360. The molecule has 3 aromatic heterocycles. The molecule has 1 atom stereocenters. The molecule has 0 unspecified atom stereocenters. The van der Waals surface area contributed by atoms with E-state index in [1.807, 2.05) is 63.7 Å². The molecule has 0 saturated carbocycles. The molecular weight excluding hydrogens is 699 g/mol. The Kier molecular flexibility index (Phi) is 8.65. The summed E-state index contributed by atoms with van der Waals surface area (Å²) in [5, 5.41) is 17.4. The lowest BCUT2D eigenvalue weighted by Crippen LogP contribution is -2.42. The maximum atomic E-state index is 14.9. The average Bonchev–Trinajstić information content (AvgIpc) is 3.71.